The third-order valence-electron chi connectivity index (χ3n) is 4.24. The standard InChI is InChI=1S/C21H20N2O5/c1-22(14-19-8-5-11-27-19)21(24)15-28-20-10-9-18(23(25)26)13-17(20)12-16-6-3-2-4-7-16/h2-11,13H,12,14-15H2,1H3. The summed E-state index contributed by atoms with van der Waals surface area (Å²) < 4.78 is 10.9. The number of hydrogen-bond donors (Lipinski definition) is 0. The Bertz CT molecular complexity index is 939. The van der Waals surface area contributed by atoms with Gasteiger partial charge >= 0.3 is 0 Å². The van der Waals surface area contributed by atoms with Gasteiger partial charge in [0.15, 0.2) is 6.61 Å². The molecule has 0 aliphatic carbocycles. The lowest BCUT2D eigenvalue weighted by molar-refractivity contribution is -0.384. The van der Waals surface area contributed by atoms with Crippen LogP contribution in [-0.4, -0.2) is 29.4 Å². The molecule has 7 nitrogen and oxygen atoms in total. The van der Waals surface area contributed by atoms with Gasteiger partial charge in [0, 0.05) is 31.2 Å². The van der Waals surface area contributed by atoms with Crippen LogP contribution in [0.15, 0.2) is 71.3 Å². The molecule has 0 saturated carbocycles. The van der Waals surface area contributed by atoms with Gasteiger partial charge in [-0.1, -0.05) is 30.3 Å². The van der Waals surface area contributed by atoms with Crippen molar-refractivity contribution in [3.05, 3.63) is 93.9 Å². The SMILES string of the molecule is CN(Cc1ccco1)C(=O)COc1ccc([N+](=O)[O-])cc1Cc1ccccc1. The second kappa shape index (κ2) is 8.85. The number of amides is 1. The first kappa shape index (κ1) is 19.2. The van der Waals surface area contributed by atoms with Crippen molar-refractivity contribution in [2.24, 2.45) is 0 Å². The zero-order valence-corrected chi connectivity index (χ0v) is 15.4. The van der Waals surface area contributed by atoms with E-state index >= 15 is 0 Å². The van der Waals surface area contributed by atoms with Gasteiger partial charge in [-0.3, -0.25) is 14.9 Å². The van der Waals surface area contributed by atoms with Crippen molar-refractivity contribution in [3.63, 3.8) is 0 Å². The minimum atomic E-state index is -0.444. The fourth-order valence-corrected chi connectivity index (χ4v) is 2.75. The number of furan rings is 1. The second-order valence-electron chi connectivity index (χ2n) is 6.33. The number of nitro benzene ring substituents is 1. The highest BCUT2D eigenvalue weighted by Gasteiger charge is 2.16. The van der Waals surface area contributed by atoms with E-state index in [-0.39, 0.29) is 18.2 Å². The first-order chi connectivity index (χ1) is 13.5. The lowest BCUT2D eigenvalue weighted by atomic mass is 10.0. The van der Waals surface area contributed by atoms with Crippen LogP contribution in [0, 0.1) is 10.1 Å². The average Bonchev–Trinajstić information content (AvgIpc) is 3.20. The third kappa shape index (κ3) is 4.97. The summed E-state index contributed by atoms with van der Waals surface area (Å²) >= 11 is 0. The fraction of sp³-hybridized carbons (Fsp3) is 0.190. The Kier molecular flexibility index (Phi) is 6.06. The van der Waals surface area contributed by atoms with Crippen molar-refractivity contribution >= 4 is 11.6 Å². The zero-order valence-electron chi connectivity index (χ0n) is 15.4. The van der Waals surface area contributed by atoms with Gasteiger partial charge in [0.25, 0.3) is 11.6 Å². The van der Waals surface area contributed by atoms with Crippen LogP contribution in [0.25, 0.3) is 0 Å². The van der Waals surface area contributed by atoms with E-state index in [1.807, 2.05) is 30.3 Å². The Balaban J connectivity index is 1.71. The topological polar surface area (TPSA) is 85.8 Å². The molecule has 3 aromatic rings. The van der Waals surface area contributed by atoms with Crippen molar-refractivity contribution in [1.82, 2.24) is 4.90 Å². The molecule has 0 saturated heterocycles. The van der Waals surface area contributed by atoms with Gasteiger partial charge < -0.3 is 14.1 Å². The number of hydrogen-bond acceptors (Lipinski definition) is 5. The molecule has 0 spiro atoms. The molecular formula is C21H20N2O5. The maximum Gasteiger partial charge on any atom is 0.269 e. The number of benzene rings is 2. The number of nitrogens with zero attached hydrogens (tertiary/aromatic N) is 2. The van der Waals surface area contributed by atoms with E-state index in [1.54, 1.807) is 25.4 Å². The molecule has 0 unspecified atom stereocenters. The van der Waals surface area contributed by atoms with E-state index in [2.05, 4.69) is 0 Å². The molecule has 0 radical (unpaired) electrons. The van der Waals surface area contributed by atoms with Gasteiger partial charge in [0.1, 0.15) is 11.5 Å². The Morgan fingerprint density at radius 2 is 1.93 bits per heavy atom. The van der Waals surface area contributed by atoms with Crippen LogP contribution < -0.4 is 4.74 Å². The Labute approximate surface area is 162 Å². The molecular weight excluding hydrogens is 360 g/mol. The monoisotopic (exact) mass is 380 g/mol. The Morgan fingerprint density at radius 3 is 2.61 bits per heavy atom. The molecule has 28 heavy (non-hydrogen) atoms. The van der Waals surface area contributed by atoms with Crippen LogP contribution in [0.5, 0.6) is 5.75 Å². The van der Waals surface area contributed by atoms with Crippen LogP contribution >= 0.6 is 0 Å². The molecule has 0 aliphatic rings. The lowest BCUT2D eigenvalue weighted by Crippen LogP contribution is -2.30. The highest BCUT2D eigenvalue weighted by Crippen LogP contribution is 2.26. The van der Waals surface area contributed by atoms with Gasteiger partial charge in [-0.2, -0.15) is 0 Å². The summed E-state index contributed by atoms with van der Waals surface area (Å²) in [6.45, 7) is 0.170. The summed E-state index contributed by atoms with van der Waals surface area (Å²) in [5.74, 6) is 0.908. The quantitative estimate of drug-likeness (QED) is 0.438. The number of ether oxygens (including phenoxy) is 1. The number of nitro groups is 1. The minimum absolute atomic E-state index is 0.0143. The molecule has 0 bridgehead atoms. The summed E-state index contributed by atoms with van der Waals surface area (Å²) in [7, 11) is 1.66. The molecule has 1 aromatic heterocycles. The Morgan fingerprint density at radius 1 is 1.14 bits per heavy atom. The molecule has 0 fully saturated rings. The largest absolute Gasteiger partial charge is 0.483 e. The van der Waals surface area contributed by atoms with E-state index in [4.69, 9.17) is 9.15 Å². The van der Waals surface area contributed by atoms with Crippen molar-refractivity contribution < 1.29 is 18.9 Å². The average molecular weight is 380 g/mol. The van der Waals surface area contributed by atoms with Crippen LogP contribution in [0.4, 0.5) is 5.69 Å². The van der Waals surface area contributed by atoms with E-state index in [0.717, 1.165) is 5.56 Å². The number of carbonyl (C=O) groups is 1. The van der Waals surface area contributed by atoms with E-state index in [9.17, 15) is 14.9 Å². The Hall–Kier alpha value is -3.61. The van der Waals surface area contributed by atoms with Crippen LogP contribution in [0.2, 0.25) is 0 Å². The second-order valence-corrected chi connectivity index (χ2v) is 6.33. The number of rotatable bonds is 8. The maximum atomic E-state index is 12.3. The van der Waals surface area contributed by atoms with E-state index in [1.165, 1.54) is 23.1 Å². The molecule has 0 N–H and O–H groups in total. The first-order valence-electron chi connectivity index (χ1n) is 8.73. The molecule has 0 aliphatic heterocycles. The summed E-state index contributed by atoms with van der Waals surface area (Å²) in [5, 5.41) is 11.1. The molecule has 0 atom stereocenters. The first-order valence-corrected chi connectivity index (χ1v) is 8.73. The minimum Gasteiger partial charge on any atom is -0.483 e. The number of carbonyl (C=O) groups excluding carboxylic acids is 1. The van der Waals surface area contributed by atoms with Crippen LogP contribution in [0.3, 0.4) is 0 Å². The lowest BCUT2D eigenvalue weighted by Gasteiger charge is -2.17. The third-order valence-corrected chi connectivity index (χ3v) is 4.24. The van der Waals surface area contributed by atoms with Gasteiger partial charge in [0.05, 0.1) is 17.7 Å². The van der Waals surface area contributed by atoms with Crippen molar-refractivity contribution in [3.8, 4) is 5.75 Å². The highest BCUT2D eigenvalue weighted by molar-refractivity contribution is 5.77. The molecule has 2 aromatic carbocycles. The van der Waals surface area contributed by atoms with Crippen LogP contribution in [-0.2, 0) is 17.8 Å². The number of non-ortho nitro benzene ring substituents is 1. The highest BCUT2D eigenvalue weighted by atomic mass is 16.6. The maximum absolute atomic E-state index is 12.3. The van der Waals surface area contributed by atoms with Crippen molar-refractivity contribution in [1.29, 1.82) is 0 Å². The zero-order chi connectivity index (χ0) is 19.9. The summed E-state index contributed by atoms with van der Waals surface area (Å²) in [4.78, 5) is 24.5. The smallest absolute Gasteiger partial charge is 0.269 e. The predicted octanol–water partition coefficient (Wildman–Crippen LogP) is 3.82. The molecule has 3 rings (SSSR count). The molecule has 1 heterocycles. The van der Waals surface area contributed by atoms with Gasteiger partial charge in [-0.15, -0.1) is 0 Å². The summed E-state index contributed by atoms with van der Waals surface area (Å²) in [6.07, 6.45) is 2.02. The predicted molar refractivity (Wildman–Crippen MR) is 103 cm³/mol. The number of likely N-dealkylation sites (N-methyl/N-ethyl adjacent to an activating group) is 1. The summed E-state index contributed by atoms with van der Waals surface area (Å²) in [6, 6.07) is 17.5. The van der Waals surface area contributed by atoms with Gasteiger partial charge in [-0.25, -0.2) is 0 Å². The summed E-state index contributed by atoms with van der Waals surface area (Å²) in [5.41, 5.74) is 1.63. The molecule has 1 amide bonds. The fourth-order valence-electron chi connectivity index (χ4n) is 2.75. The van der Waals surface area contributed by atoms with Crippen LogP contribution in [0.1, 0.15) is 16.9 Å². The van der Waals surface area contributed by atoms with E-state index in [0.29, 0.717) is 30.0 Å². The van der Waals surface area contributed by atoms with Gasteiger partial charge in [0.2, 0.25) is 0 Å². The normalized spacial score (nSPS) is 10.5. The van der Waals surface area contributed by atoms with Crippen molar-refractivity contribution in [2.45, 2.75) is 13.0 Å². The van der Waals surface area contributed by atoms with E-state index < -0.39 is 4.92 Å². The van der Waals surface area contributed by atoms with Gasteiger partial charge in [-0.05, 0) is 23.8 Å². The molecule has 144 valence electrons. The van der Waals surface area contributed by atoms with Crippen molar-refractivity contribution in [2.75, 3.05) is 13.7 Å². The molecule has 7 heteroatoms.